The Labute approximate surface area is 206 Å². The molecule has 0 N–H and O–H groups in total. The Hall–Kier alpha value is -0.103. The molecule has 4 heterocycles. The predicted molar refractivity (Wildman–Crippen MR) is 129 cm³/mol. The summed E-state index contributed by atoms with van der Waals surface area (Å²) < 4.78 is 50.3. The van der Waals surface area contributed by atoms with Gasteiger partial charge in [-0.15, -0.1) is 0 Å². The van der Waals surface area contributed by atoms with Crippen LogP contribution in [-0.4, -0.2) is 77.2 Å². The van der Waals surface area contributed by atoms with E-state index in [0.717, 1.165) is 45.1 Å². The van der Waals surface area contributed by atoms with E-state index in [2.05, 4.69) is 33.9 Å². The van der Waals surface area contributed by atoms with E-state index in [4.69, 9.17) is 37.6 Å². The van der Waals surface area contributed by atoms with Gasteiger partial charge in [0.15, 0.2) is 33.0 Å². The summed E-state index contributed by atoms with van der Waals surface area (Å²) in [6.45, 7) is 16.9. The van der Waals surface area contributed by atoms with E-state index in [-0.39, 0.29) is 35.9 Å². The second-order valence-electron chi connectivity index (χ2n) is 12.0. The maximum Gasteiger partial charge on any atom is 0.192 e. The van der Waals surface area contributed by atoms with E-state index in [1.165, 1.54) is 0 Å². The first kappa shape index (κ1) is 26.9. The van der Waals surface area contributed by atoms with Crippen LogP contribution in [0.15, 0.2) is 0 Å². The minimum absolute atomic E-state index is 0.0416. The van der Waals surface area contributed by atoms with E-state index in [0.29, 0.717) is 13.2 Å². The van der Waals surface area contributed by atoms with Gasteiger partial charge in [0.05, 0.1) is 6.61 Å². The SMILES string of the molecule is CC1(C)O[C@H]2O[C@H]([C@@H](COC3CCCCO3)OC3CCCCO3)[C@@H](O[Si](C)(C)C(C)(C)C)[C@H]2O1. The van der Waals surface area contributed by atoms with Gasteiger partial charge in [0.1, 0.15) is 24.4 Å². The second kappa shape index (κ2) is 10.7. The van der Waals surface area contributed by atoms with Crippen LogP contribution in [0.2, 0.25) is 18.1 Å². The van der Waals surface area contributed by atoms with E-state index in [1.807, 2.05) is 13.8 Å². The zero-order valence-electron chi connectivity index (χ0n) is 22.2. The molecule has 4 saturated heterocycles. The lowest BCUT2D eigenvalue weighted by Gasteiger charge is -2.42. The number of hydrogen-bond acceptors (Lipinski definition) is 8. The zero-order valence-corrected chi connectivity index (χ0v) is 23.2. The Balaban J connectivity index is 1.54. The summed E-state index contributed by atoms with van der Waals surface area (Å²) in [5.74, 6) is -0.718. The van der Waals surface area contributed by atoms with Crippen molar-refractivity contribution in [2.45, 2.75) is 140 Å². The van der Waals surface area contributed by atoms with Crippen LogP contribution < -0.4 is 0 Å². The predicted octanol–water partition coefficient (Wildman–Crippen LogP) is 4.71. The molecular formula is C25H46O8Si. The first-order valence-electron chi connectivity index (χ1n) is 13.1. The third-order valence-electron chi connectivity index (χ3n) is 7.68. The molecule has 198 valence electrons. The van der Waals surface area contributed by atoms with Crippen molar-refractivity contribution in [3.05, 3.63) is 0 Å². The van der Waals surface area contributed by atoms with Gasteiger partial charge < -0.3 is 37.6 Å². The number of fused-ring (bicyclic) bond motifs is 1. The van der Waals surface area contributed by atoms with Gasteiger partial charge in [0, 0.05) is 13.2 Å². The van der Waals surface area contributed by atoms with Crippen LogP contribution in [0.4, 0.5) is 0 Å². The summed E-state index contributed by atoms with van der Waals surface area (Å²) in [6, 6.07) is 0. The number of hydrogen-bond donors (Lipinski definition) is 0. The molecule has 0 radical (unpaired) electrons. The van der Waals surface area contributed by atoms with Gasteiger partial charge in [-0.05, 0) is 70.5 Å². The topological polar surface area (TPSA) is 73.8 Å². The van der Waals surface area contributed by atoms with E-state index in [9.17, 15) is 0 Å². The highest BCUT2D eigenvalue weighted by Crippen LogP contribution is 2.45. The molecule has 4 aliphatic heterocycles. The molecule has 4 aliphatic rings. The highest BCUT2D eigenvalue weighted by Gasteiger charge is 2.59. The highest BCUT2D eigenvalue weighted by molar-refractivity contribution is 6.74. The Kier molecular flexibility index (Phi) is 8.49. The largest absolute Gasteiger partial charge is 0.408 e. The summed E-state index contributed by atoms with van der Waals surface area (Å²) in [4.78, 5) is 0. The van der Waals surface area contributed by atoms with Crippen molar-refractivity contribution >= 4 is 8.32 Å². The number of rotatable bonds is 8. The van der Waals surface area contributed by atoms with Crippen molar-refractivity contribution in [3.63, 3.8) is 0 Å². The lowest BCUT2D eigenvalue weighted by molar-refractivity contribution is -0.268. The van der Waals surface area contributed by atoms with Crippen LogP contribution in [0.1, 0.15) is 73.1 Å². The third-order valence-corrected chi connectivity index (χ3v) is 12.2. The Morgan fingerprint density at radius 3 is 2.18 bits per heavy atom. The summed E-state index contributed by atoms with van der Waals surface area (Å²) in [5.41, 5.74) is 0. The molecule has 0 aromatic heterocycles. The minimum Gasteiger partial charge on any atom is -0.408 e. The van der Waals surface area contributed by atoms with Gasteiger partial charge >= 0.3 is 0 Å². The molecule has 2 unspecified atom stereocenters. The number of ether oxygens (including phenoxy) is 7. The lowest BCUT2D eigenvalue weighted by Crippen LogP contribution is -2.53. The summed E-state index contributed by atoms with van der Waals surface area (Å²) in [7, 11) is -2.14. The maximum absolute atomic E-state index is 6.95. The Bertz CT molecular complexity index is 654. The van der Waals surface area contributed by atoms with Gasteiger partial charge in [-0.3, -0.25) is 0 Å². The van der Waals surface area contributed by atoms with Gasteiger partial charge in [0.2, 0.25) is 0 Å². The Morgan fingerprint density at radius 2 is 1.59 bits per heavy atom. The molecule has 0 spiro atoms. The molecule has 4 rings (SSSR count). The molecule has 9 heteroatoms. The maximum atomic E-state index is 6.95. The molecular weight excluding hydrogens is 456 g/mol. The fourth-order valence-electron chi connectivity index (χ4n) is 4.72. The smallest absolute Gasteiger partial charge is 0.192 e. The van der Waals surface area contributed by atoms with Crippen LogP contribution in [0, 0.1) is 0 Å². The average molecular weight is 503 g/mol. The van der Waals surface area contributed by atoms with E-state index >= 15 is 0 Å². The molecule has 0 bridgehead atoms. The van der Waals surface area contributed by atoms with Crippen LogP contribution in [0.3, 0.4) is 0 Å². The van der Waals surface area contributed by atoms with Gasteiger partial charge in [-0.25, -0.2) is 0 Å². The average Bonchev–Trinajstić information content (AvgIpc) is 3.24. The molecule has 0 aromatic rings. The summed E-state index contributed by atoms with van der Waals surface area (Å²) >= 11 is 0. The lowest BCUT2D eigenvalue weighted by atomic mass is 10.1. The van der Waals surface area contributed by atoms with Crippen molar-refractivity contribution in [2.75, 3.05) is 19.8 Å². The van der Waals surface area contributed by atoms with Crippen molar-refractivity contribution in [3.8, 4) is 0 Å². The molecule has 7 atom stereocenters. The molecule has 0 aliphatic carbocycles. The molecule has 34 heavy (non-hydrogen) atoms. The fourth-order valence-corrected chi connectivity index (χ4v) is 6.03. The first-order chi connectivity index (χ1) is 16.0. The van der Waals surface area contributed by atoms with Crippen molar-refractivity contribution in [1.29, 1.82) is 0 Å². The monoisotopic (exact) mass is 502 g/mol. The molecule has 4 fully saturated rings. The fraction of sp³-hybridized carbons (Fsp3) is 1.00. The van der Waals surface area contributed by atoms with Gasteiger partial charge in [-0.2, -0.15) is 0 Å². The third kappa shape index (κ3) is 6.41. The molecule has 8 nitrogen and oxygen atoms in total. The second-order valence-corrected chi connectivity index (χ2v) is 16.8. The van der Waals surface area contributed by atoms with Gasteiger partial charge in [0.25, 0.3) is 0 Å². The first-order valence-corrected chi connectivity index (χ1v) is 16.1. The summed E-state index contributed by atoms with van der Waals surface area (Å²) in [6.07, 6.45) is 3.70. The van der Waals surface area contributed by atoms with Crippen LogP contribution in [-0.2, 0) is 37.6 Å². The van der Waals surface area contributed by atoms with Crippen molar-refractivity contribution < 1.29 is 37.6 Å². The minimum atomic E-state index is -2.14. The van der Waals surface area contributed by atoms with Crippen LogP contribution >= 0.6 is 0 Å². The quantitative estimate of drug-likeness (QED) is 0.442. The van der Waals surface area contributed by atoms with Gasteiger partial charge in [-0.1, -0.05) is 20.8 Å². The van der Waals surface area contributed by atoms with Crippen LogP contribution in [0.5, 0.6) is 0 Å². The molecule has 0 amide bonds. The van der Waals surface area contributed by atoms with Crippen LogP contribution in [0.25, 0.3) is 0 Å². The Morgan fingerprint density at radius 1 is 0.941 bits per heavy atom. The van der Waals surface area contributed by atoms with Crippen molar-refractivity contribution in [2.24, 2.45) is 0 Å². The van der Waals surface area contributed by atoms with E-state index in [1.54, 1.807) is 0 Å². The standard InChI is InChI=1S/C25H46O8Si/c1-24(2,3)34(6,7)33-21-20(30-23-22(21)31-25(4,5)32-23)17(29-19-13-9-11-15-27-19)16-28-18-12-8-10-14-26-18/h17-23H,8-16H2,1-7H3/t17-,18?,19?,20-,21-,22-,23-/m1/s1. The normalized spacial score (nSPS) is 37.5. The molecule has 0 saturated carbocycles. The summed E-state index contributed by atoms with van der Waals surface area (Å²) in [5, 5.41) is 0.0416. The molecule has 0 aromatic carbocycles. The van der Waals surface area contributed by atoms with Crippen molar-refractivity contribution in [1.82, 2.24) is 0 Å². The zero-order chi connectivity index (χ0) is 24.6. The van der Waals surface area contributed by atoms with E-state index < -0.39 is 26.5 Å². The highest BCUT2D eigenvalue weighted by atomic mass is 28.4.